The quantitative estimate of drug-likeness (QED) is 0.0782. The van der Waals surface area contributed by atoms with Crippen LogP contribution < -0.4 is 16.4 Å². The Bertz CT molecular complexity index is 3680. The maximum absolute atomic E-state index is 13.6. The fourth-order valence-corrected chi connectivity index (χ4v) is 11.8. The zero-order chi connectivity index (χ0) is 54.7. The van der Waals surface area contributed by atoms with Gasteiger partial charge in [-0.05, 0) is 134 Å². The number of halogens is 1. The Morgan fingerprint density at radius 3 is 1.63 bits per heavy atom. The predicted molar refractivity (Wildman–Crippen MR) is 310 cm³/mol. The van der Waals surface area contributed by atoms with Gasteiger partial charge < -0.3 is 15.5 Å². The third-order valence-electron chi connectivity index (χ3n) is 15.9. The number of H-pyrrole nitrogens is 1. The van der Waals surface area contributed by atoms with Gasteiger partial charge in [-0.2, -0.15) is 10.2 Å². The summed E-state index contributed by atoms with van der Waals surface area (Å²) in [5, 5.41) is 38.0. The van der Waals surface area contributed by atoms with E-state index in [4.69, 9.17) is 11.6 Å². The number of hydrogen-bond acceptors (Lipinski definition) is 13. The largest absolute Gasteiger partial charge is 0.391 e. The standard InChI is InChI=1S/C26H24N6O2.C23H21ClN4O2.C9H19N.C3H4N2/c33-22-7-2-1-6-21(22)31-16-29-25-19-5-3-10-27-24(19)18(14-20(25)26(31)34)13-17-8-9-23(28-15-17)32-12-4-11-30-32;24-20-8-7-14(12-26-20)10-15-11-17-22(16-4-3-9-25-21(15)16)27-13-28(23(17)30)18-5-1-2-6-19(18)29;1-3-8-6-4-5-7-9(8)10-2;1-2-4-5-3-1/h3-5,8-12,14-16,21-22,33H,1-2,6-7,13H2;3-4,7-9,11-13,18-19,29H,1-2,5-6,10H2;8-10H,3-7H2,1-2H3;1-3H,(H,4,5)/t21-,22-;18-,19-;8-,9-;/m001./s1. The van der Waals surface area contributed by atoms with Gasteiger partial charge in [0.05, 0.1) is 69.8 Å². The van der Waals surface area contributed by atoms with Crippen LogP contribution in [0.4, 0.5) is 0 Å². The van der Waals surface area contributed by atoms with Crippen LogP contribution in [0.1, 0.15) is 125 Å². The number of pyridine rings is 4. The number of aromatic nitrogens is 12. The lowest BCUT2D eigenvalue weighted by Crippen LogP contribution is -2.35. The highest BCUT2D eigenvalue weighted by atomic mass is 35.5. The summed E-state index contributed by atoms with van der Waals surface area (Å²) < 4.78 is 4.95. The maximum Gasteiger partial charge on any atom is 0.261 e. The predicted octanol–water partition coefficient (Wildman–Crippen LogP) is 10.2. The Labute approximate surface area is 463 Å². The number of aliphatic hydroxyl groups excluding tert-OH is 2. The Morgan fingerprint density at radius 1 is 0.608 bits per heavy atom. The van der Waals surface area contributed by atoms with Crippen LogP contribution in [0.2, 0.25) is 5.15 Å². The minimum atomic E-state index is -0.522. The van der Waals surface area contributed by atoms with Crippen LogP contribution in [0.15, 0.2) is 145 Å². The van der Waals surface area contributed by atoms with Crippen LogP contribution in [-0.2, 0) is 12.8 Å². The van der Waals surface area contributed by atoms with Crippen molar-refractivity contribution in [2.24, 2.45) is 5.92 Å². The Morgan fingerprint density at radius 2 is 1.18 bits per heavy atom. The average molecular weight is 1080 g/mol. The van der Waals surface area contributed by atoms with Crippen molar-refractivity contribution < 1.29 is 10.2 Å². The smallest absolute Gasteiger partial charge is 0.261 e. The van der Waals surface area contributed by atoms with Gasteiger partial charge in [-0.25, -0.2) is 24.6 Å². The van der Waals surface area contributed by atoms with Gasteiger partial charge in [-0.1, -0.05) is 75.6 Å². The number of fused-ring (bicyclic) bond motifs is 6. The summed E-state index contributed by atoms with van der Waals surface area (Å²) in [6.45, 7) is 2.31. The van der Waals surface area contributed by atoms with Crippen molar-refractivity contribution in [3.8, 4) is 5.82 Å². The molecule has 0 radical (unpaired) electrons. The van der Waals surface area contributed by atoms with Crippen LogP contribution in [0.3, 0.4) is 0 Å². The van der Waals surface area contributed by atoms with Crippen molar-refractivity contribution >= 4 is 55.2 Å². The monoisotopic (exact) mass is 1080 g/mol. The van der Waals surface area contributed by atoms with E-state index in [9.17, 15) is 19.8 Å². The average Bonchev–Trinajstić information content (AvgIpc) is 4.42. The second-order valence-corrected chi connectivity index (χ2v) is 21.2. The molecule has 3 saturated carbocycles. The molecule has 2 aromatic carbocycles. The van der Waals surface area contributed by atoms with Gasteiger partial charge >= 0.3 is 0 Å². The second-order valence-electron chi connectivity index (χ2n) is 20.8. The number of nitrogens with one attached hydrogen (secondary N) is 2. The highest BCUT2D eigenvalue weighted by molar-refractivity contribution is 6.29. The lowest BCUT2D eigenvalue weighted by molar-refractivity contribution is 0.0733. The highest BCUT2D eigenvalue weighted by Crippen LogP contribution is 2.33. The van der Waals surface area contributed by atoms with E-state index in [1.165, 1.54) is 32.1 Å². The molecule has 10 aromatic rings. The van der Waals surface area contributed by atoms with Gasteiger partial charge in [0.25, 0.3) is 11.1 Å². The molecule has 8 aromatic heterocycles. The topological polar surface area (TPSA) is 220 Å². The van der Waals surface area contributed by atoms with E-state index in [1.807, 2.05) is 79.1 Å². The molecule has 408 valence electrons. The maximum atomic E-state index is 13.6. The normalized spacial score (nSPS) is 20.2. The first kappa shape index (κ1) is 54.8. The molecule has 3 aliphatic rings. The molecule has 3 fully saturated rings. The van der Waals surface area contributed by atoms with E-state index < -0.39 is 12.2 Å². The van der Waals surface area contributed by atoms with Gasteiger partial charge in [0.1, 0.15) is 5.15 Å². The molecule has 0 amide bonds. The van der Waals surface area contributed by atoms with Crippen molar-refractivity contribution in [1.29, 1.82) is 0 Å². The summed E-state index contributed by atoms with van der Waals surface area (Å²) in [5.41, 5.74) is 6.57. The Balaban J connectivity index is 0.000000142. The number of hydrogen-bond donors (Lipinski definition) is 4. The van der Waals surface area contributed by atoms with E-state index in [0.29, 0.717) is 52.6 Å². The number of nitrogens with zero attached hydrogens (tertiary/aromatic N) is 11. The number of aromatic amines is 1. The van der Waals surface area contributed by atoms with Gasteiger partial charge in [0, 0.05) is 79.2 Å². The van der Waals surface area contributed by atoms with Gasteiger partial charge in [-0.3, -0.25) is 33.8 Å². The van der Waals surface area contributed by atoms with Crippen molar-refractivity contribution in [1.82, 2.24) is 64.3 Å². The molecule has 0 saturated heterocycles. The molecule has 6 atom stereocenters. The lowest BCUT2D eigenvalue weighted by Gasteiger charge is -2.30. The summed E-state index contributed by atoms with van der Waals surface area (Å²) >= 11 is 5.92. The van der Waals surface area contributed by atoms with Crippen molar-refractivity contribution in [3.63, 3.8) is 0 Å². The second kappa shape index (κ2) is 25.9. The van der Waals surface area contributed by atoms with Gasteiger partial charge in [-0.15, -0.1) is 0 Å². The Hall–Kier alpha value is -7.57. The number of rotatable bonds is 9. The van der Waals surface area contributed by atoms with Crippen LogP contribution in [-0.4, -0.2) is 94.5 Å². The van der Waals surface area contributed by atoms with Crippen molar-refractivity contribution in [3.05, 3.63) is 183 Å². The third-order valence-corrected chi connectivity index (χ3v) is 16.1. The van der Waals surface area contributed by atoms with E-state index >= 15 is 0 Å². The minimum Gasteiger partial charge on any atom is -0.391 e. The summed E-state index contributed by atoms with van der Waals surface area (Å²) in [4.78, 5) is 54.1. The van der Waals surface area contributed by atoms with Gasteiger partial charge in [0.15, 0.2) is 5.82 Å². The van der Waals surface area contributed by atoms with E-state index in [-0.39, 0.29) is 23.2 Å². The molecular weight excluding hydrogens is 1010 g/mol. The molecule has 0 bridgehead atoms. The molecule has 0 aliphatic heterocycles. The fraction of sp³-hybridized carbons (Fsp3) is 0.377. The molecule has 3 aliphatic carbocycles. The molecule has 13 rings (SSSR count). The summed E-state index contributed by atoms with van der Waals surface area (Å²) in [7, 11) is 2.10. The fourth-order valence-electron chi connectivity index (χ4n) is 11.7. The first-order chi connectivity index (χ1) is 38.7. The molecular formula is C61H68ClN13O4. The molecule has 79 heavy (non-hydrogen) atoms. The van der Waals surface area contributed by atoms with Crippen LogP contribution in [0.25, 0.3) is 49.4 Å². The van der Waals surface area contributed by atoms with Crippen LogP contribution in [0.5, 0.6) is 0 Å². The molecule has 8 heterocycles. The van der Waals surface area contributed by atoms with Crippen LogP contribution >= 0.6 is 11.6 Å². The molecule has 0 unspecified atom stereocenters. The lowest BCUT2D eigenvalue weighted by atomic mass is 9.83. The first-order valence-corrected chi connectivity index (χ1v) is 28.1. The first-order valence-electron chi connectivity index (χ1n) is 27.8. The molecule has 18 heteroatoms. The SMILES string of the molecule is CC[C@@H]1CCCC[C@H]1NC.O=c1c2cc(Cc3ccc(-n4cccn4)nc3)c3ncccc3c2ncn1[C@H]1CCCC[C@@H]1O.O=c1c2cc(Cc3ccc(Cl)nc3)c3ncccc3c2ncn1[C@H]1CCCC[C@@H]1O.c1cn[nH]c1. The van der Waals surface area contributed by atoms with E-state index in [0.717, 1.165) is 100 Å². The Kier molecular flexibility index (Phi) is 18.0. The summed E-state index contributed by atoms with van der Waals surface area (Å²) in [6, 6.07) is 23.1. The summed E-state index contributed by atoms with van der Waals surface area (Å²) in [5.74, 6) is 1.70. The zero-order valence-electron chi connectivity index (χ0n) is 44.8. The summed E-state index contributed by atoms with van der Waals surface area (Å²) in [6.07, 6.45) is 31.5. The van der Waals surface area contributed by atoms with E-state index in [2.05, 4.69) is 64.5 Å². The molecule has 4 N–H and O–H groups in total. The van der Waals surface area contributed by atoms with Gasteiger partial charge in [0.2, 0.25) is 0 Å². The number of aliphatic hydroxyl groups is 2. The molecule has 0 spiro atoms. The van der Waals surface area contributed by atoms with E-state index in [1.54, 1.807) is 69.7 Å². The third kappa shape index (κ3) is 12.7. The minimum absolute atomic E-state index is 0.116. The van der Waals surface area contributed by atoms with Crippen molar-refractivity contribution in [2.45, 2.75) is 134 Å². The van der Waals surface area contributed by atoms with Crippen LogP contribution in [0, 0.1) is 5.92 Å². The molecule has 17 nitrogen and oxygen atoms in total. The van der Waals surface area contributed by atoms with Crippen molar-refractivity contribution in [2.75, 3.05) is 7.05 Å². The number of benzene rings is 2. The highest BCUT2D eigenvalue weighted by Gasteiger charge is 2.28. The zero-order valence-corrected chi connectivity index (χ0v) is 45.5.